The fraction of sp³-hybridized carbons (Fsp3) is 0.400. The molecule has 2 rings (SSSR count). The van der Waals surface area contributed by atoms with E-state index in [9.17, 15) is 4.79 Å². The molecule has 0 unspecified atom stereocenters. The molecule has 1 heterocycles. The SMILES string of the molecule is O=C(O)C1(c2ccc(Br)nc2)CCC1. The van der Waals surface area contributed by atoms with Crippen molar-refractivity contribution in [1.29, 1.82) is 0 Å². The Bertz CT molecular complexity index is 357. The lowest BCUT2D eigenvalue weighted by Gasteiger charge is -2.37. The molecule has 1 aliphatic rings. The zero-order valence-corrected chi connectivity index (χ0v) is 9.12. The van der Waals surface area contributed by atoms with Gasteiger partial charge in [0, 0.05) is 6.20 Å². The first-order valence-corrected chi connectivity index (χ1v) is 5.30. The van der Waals surface area contributed by atoms with E-state index in [0.717, 1.165) is 29.4 Å². The summed E-state index contributed by atoms with van der Waals surface area (Å²) >= 11 is 3.23. The third-order valence-corrected chi connectivity index (χ3v) is 3.37. The summed E-state index contributed by atoms with van der Waals surface area (Å²) in [6.45, 7) is 0. The van der Waals surface area contributed by atoms with Gasteiger partial charge in [-0.3, -0.25) is 4.79 Å². The Kier molecular flexibility index (Phi) is 2.31. The van der Waals surface area contributed by atoms with Crippen molar-refractivity contribution in [2.45, 2.75) is 24.7 Å². The van der Waals surface area contributed by atoms with Crippen molar-refractivity contribution in [3.05, 3.63) is 28.5 Å². The lowest BCUT2D eigenvalue weighted by molar-refractivity contribution is -0.147. The first-order chi connectivity index (χ1) is 6.65. The molecule has 14 heavy (non-hydrogen) atoms. The molecule has 0 spiro atoms. The first-order valence-electron chi connectivity index (χ1n) is 4.50. The molecule has 1 saturated carbocycles. The minimum atomic E-state index is -0.729. The average molecular weight is 256 g/mol. The molecule has 0 saturated heterocycles. The third-order valence-electron chi connectivity index (χ3n) is 2.90. The minimum Gasteiger partial charge on any atom is -0.481 e. The molecule has 3 nitrogen and oxygen atoms in total. The van der Waals surface area contributed by atoms with Crippen molar-refractivity contribution < 1.29 is 9.90 Å². The molecule has 1 aromatic rings. The summed E-state index contributed by atoms with van der Waals surface area (Å²) in [5.41, 5.74) is 0.160. The summed E-state index contributed by atoms with van der Waals surface area (Å²) in [5, 5.41) is 9.17. The molecule has 0 radical (unpaired) electrons. The Morgan fingerprint density at radius 2 is 2.21 bits per heavy atom. The number of carboxylic acids is 1. The second-order valence-electron chi connectivity index (χ2n) is 3.61. The molecule has 1 N–H and O–H groups in total. The number of rotatable bonds is 2. The Morgan fingerprint density at radius 3 is 2.57 bits per heavy atom. The van der Waals surface area contributed by atoms with Crippen LogP contribution in [0.4, 0.5) is 0 Å². The Labute approximate surface area is 90.3 Å². The van der Waals surface area contributed by atoms with E-state index in [0.29, 0.717) is 0 Å². The van der Waals surface area contributed by atoms with Crippen molar-refractivity contribution >= 4 is 21.9 Å². The van der Waals surface area contributed by atoms with Crippen LogP contribution in [0.15, 0.2) is 22.9 Å². The quantitative estimate of drug-likeness (QED) is 0.826. The van der Waals surface area contributed by atoms with Gasteiger partial charge in [0.25, 0.3) is 0 Å². The van der Waals surface area contributed by atoms with Gasteiger partial charge in [-0.25, -0.2) is 4.98 Å². The number of aliphatic carboxylic acids is 1. The van der Waals surface area contributed by atoms with Crippen molar-refractivity contribution in [3.8, 4) is 0 Å². The smallest absolute Gasteiger partial charge is 0.314 e. The molecule has 1 fully saturated rings. The van der Waals surface area contributed by atoms with E-state index in [-0.39, 0.29) is 0 Å². The third kappa shape index (κ3) is 1.34. The topological polar surface area (TPSA) is 50.2 Å². The molecule has 74 valence electrons. The molecule has 4 heteroatoms. The highest BCUT2D eigenvalue weighted by Crippen LogP contribution is 2.43. The average Bonchev–Trinajstić information content (AvgIpc) is 2.05. The highest BCUT2D eigenvalue weighted by atomic mass is 79.9. The molecular formula is C10H10BrNO2. The van der Waals surface area contributed by atoms with Gasteiger partial charge in [-0.15, -0.1) is 0 Å². The van der Waals surface area contributed by atoms with E-state index >= 15 is 0 Å². The van der Waals surface area contributed by atoms with Gasteiger partial charge in [-0.2, -0.15) is 0 Å². The summed E-state index contributed by atoms with van der Waals surface area (Å²) in [6.07, 6.45) is 4.09. The first kappa shape index (κ1) is 9.65. The standard InChI is InChI=1S/C10H10BrNO2/c11-8-3-2-7(6-12-8)10(9(13)14)4-1-5-10/h2-3,6H,1,4-5H2,(H,13,14). The van der Waals surface area contributed by atoms with Gasteiger partial charge < -0.3 is 5.11 Å². The number of halogens is 1. The number of nitrogens with zero attached hydrogens (tertiary/aromatic N) is 1. The maximum absolute atomic E-state index is 11.1. The van der Waals surface area contributed by atoms with Crippen LogP contribution in [0.5, 0.6) is 0 Å². The number of aromatic nitrogens is 1. The Balaban J connectivity index is 2.37. The number of hydrogen-bond acceptors (Lipinski definition) is 2. The van der Waals surface area contributed by atoms with Gasteiger partial charge in [0.1, 0.15) is 4.60 Å². The number of carboxylic acid groups (broad SMARTS) is 1. The van der Waals surface area contributed by atoms with Crippen LogP contribution >= 0.6 is 15.9 Å². The van der Waals surface area contributed by atoms with E-state index in [2.05, 4.69) is 20.9 Å². The monoisotopic (exact) mass is 255 g/mol. The molecule has 1 aromatic heterocycles. The van der Waals surface area contributed by atoms with Gasteiger partial charge in [-0.05, 0) is 40.4 Å². The normalized spacial score (nSPS) is 18.6. The van der Waals surface area contributed by atoms with Crippen LogP contribution in [0, 0.1) is 0 Å². The molecule has 0 aromatic carbocycles. The highest BCUT2D eigenvalue weighted by molar-refractivity contribution is 9.10. The van der Waals surface area contributed by atoms with E-state index < -0.39 is 11.4 Å². The molecule has 0 amide bonds. The summed E-state index contributed by atoms with van der Waals surface area (Å²) in [6, 6.07) is 3.63. The zero-order chi connectivity index (χ0) is 10.2. The van der Waals surface area contributed by atoms with Gasteiger partial charge in [0.15, 0.2) is 0 Å². The zero-order valence-electron chi connectivity index (χ0n) is 7.53. The van der Waals surface area contributed by atoms with E-state index in [1.807, 2.05) is 6.07 Å². The summed E-state index contributed by atoms with van der Waals surface area (Å²) in [5.74, 6) is -0.729. The number of pyridine rings is 1. The molecule has 0 atom stereocenters. The van der Waals surface area contributed by atoms with Crippen molar-refractivity contribution in [3.63, 3.8) is 0 Å². The van der Waals surface area contributed by atoms with Crippen LogP contribution in [0.1, 0.15) is 24.8 Å². The van der Waals surface area contributed by atoms with Crippen LogP contribution < -0.4 is 0 Å². The second-order valence-corrected chi connectivity index (χ2v) is 4.42. The summed E-state index contributed by atoms with van der Waals surface area (Å²) in [7, 11) is 0. The predicted octanol–water partition coefficient (Wildman–Crippen LogP) is 2.35. The van der Waals surface area contributed by atoms with Crippen molar-refractivity contribution in [1.82, 2.24) is 4.98 Å². The van der Waals surface area contributed by atoms with Gasteiger partial charge in [0.2, 0.25) is 0 Å². The van der Waals surface area contributed by atoms with E-state index in [1.165, 1.54) is 0 Å². The lowest BCUT2D eigenvalue weighted by atomic mass is 9.65. The molecule has 0 aliphatic heterocycles. The largest absolute Gasteiger partial charge is 0.481 e. The van der Waals surface area contributed by atoms with Crippen LogP contribution in [-0.4, -0.2) is 16.1 Å². The van der Waals surface area contributed by atoms with E-state index in [4.69, 9.17) is 5.11 Å². The highest BCUT2D eigenvalue weighted by Gasteiger charge is 2.46. The van der Waals surface area contributed by atoms with Crippen molar-refractivity contribution in [2.75, 3.05) is 0 Å². The van der Waals surface area contributed by atoms with Crippen LogP contribution in [0.25, 0.3) is 0 Å². The molecular weight excluding hydrogens is 246 g/mol. The number of carbonyl (C=O) groups is 1. The van der Waals surface area contributed by atoms with Crippen molar-refractivity contribution in [2.24, 2.45) is 0 Å². The second kappa shape index (κ2) is 3.35. The van der Waals surface area contributed by atoms with E-state index in [1.54, 1.807) is 12.3 Å². The Hall–Kier alpha value is -0.900. The van der Waals surface area contributed by atoms with Gasteiger partial charge >= 0.3 is 5.97 Å². The fourth-order valence-electron chi connectivity index (χ4n) is 1.82. The lowest BCUT2D eigenvalue weighted by Crippen LogP contribution is -2.42. The molecule has 1 aliphatic carbocycles. The van der Waals surface area contributed by atoms with Gasteiger partial charge in [0.05, 0.1) is 5.41 Å². The predicted molar refractivity (Wildman–Crippen MR) is 55.1 cm³/mol. The van der Waals surface area contributed by atoms with Crippen LogP contribution in [0.3, 0.4) is 0 Å². The van der Waals surface area contributed by atoms with Crippen LogP contribution in [0.2, 0.25) is 0 Å². The maximum atomic E-state index is 11.1. The summed E-state index contributed by atoms with van der Waals surface area (Å²) < 4.78 is 0.737. The number of hydrogen-bond donors (Lipinski definition) is 1. The molecule has 0 bridgehead atoms. The maximum Gasteiger partial charge on any atom is 0.314 e. The van der Waals surface area contributed by atoms with Crippen LogP contribution in [-0.2, 0) is 10.2 Å². The van der Waals surface area contributed by atoms with Gasteiger partial charge in [-0.1, -0.05) is 12.5 Å². The fourth-order valence-corrected chi connectivity index (χ4v) is 2.05. The summed E-state index contributed by atoms with van der Waals surface area (Å²) in [4.78, 5) is 15.2. The Morgan fingerprint density at radius 1 is 1.50 bits per heavy atom. The minimum absolute atomic E-state index is 0.659.